The topological polar surface area (TPSA) is 79.5 Å². The molecule has 1 aromatic heterocycles. The van der Waals surface area contributed by atoms with Crippen LogP contribution in [0.15, 0.2) is 22.8 Å². The minimum atomic E-state index is -0.869. The van der Waals surface area contributed by atoms with E-state index in [4.69, 9.17) is 4.42 Å². The Hall–Kier alpha value is -1.78. The van der Waals surface area contributed by atoms with Crippen LogP contribution in [-0.2, 0) is 9.59 Å². The average molecular weight is 279 g/mol. The third kappa shape index (κ3) is 3.03. The number of carbonyl (C=O) groups is 2. The highest BCUT2D eigenvalue weighted by molar-refractivity contribution is 5.85. The molecule has 110 valence electrons. The lowest BCUT2D eigenvalue weighted by Crippen LogP contribution is -2.36. The van der Waals surface area contributed by atoms with E-state index in [9.17, 15) is 14.7 Å². The van der Waals surface area contributed by atoms with E-state index < -0.39 is 17.8 Å². The van der Waals surface area contributed by atoms with Crippen molar-refractivity contribution in [1.82, 2.24) is 5.32 Å². The van der Waals surface area contributed by atoms with Gasteiger partial charge in [0, 0.05) is 0 Å². The highest BCUT2D eigenvalue weighted by Crippen LogP contribution is 2.38. The van der Waals surface area contributed by atoms with E-state index in [0.29, 0.717) is 24.5 Å². The Morgan fingerprint density at radius 1 is 1.45 bits per heavy atom. The quantitative estimate of drug-likeness (QED) is 0.868. The molecule has 0 saturated heterocycles. The molecular weight excluding hydrogens is 258 g/mol. The van der Waals surface area contributed by atoms with Crippen LogP contribution in [-0.4, -0.2) is 17.0 Å². The Morgan fingerprint density at radius 2 is 2.15 bits per heavy atom. The molecule has 1 unspecified atom stereocenters. The summed E-state index contributed by atoms with van der Waals surface area (Å²) in [5.74, 6) is -1.05. The molecule has 1 saturated carbocycles. The van der Waals surface area contributed by atoms with Gasteiger partial charge in [-0.1, -0.05) is 13.3 Å². The van der Waals surface area contributed by atoms with Crippen molar-refractivity contribution in [3.05, 3.63) is 24.2 Å². The summed E-state index contributed by atoms with van der Waals surface area (Å²) in [7, 11) is 0. The van der Waals surface area contributed by atoms with Crippen LogP contribution in [0.4, 0.5) is 0 Å². The van der Waals surface area contributed by atoms with Gasteiger partial charge in [-0.15, -0.1) is 0 Å². The number of nitrogens with one attached hydrogen (secondary N) is 1. The highest BCUT2D eigenvalue weighted by atomic mass is 16.4. The third-order valence-electron chi connectivity index (χ3n) is 4.22. The molecule has 1 heterocycles. The molecule has 1 aliphatic carbocycles. The summed E-state index contributed by atoms with van der Waals surface area (Å²) >= 11 is 0. The number of furan rings is 1. The minimum Gasteiger partial charge on any atom is -0.481 e. The maximum Gasteiger partial charge on any atom is 0.307 e. The zero-order valence-corrected chi connectivity index (χ0v) is 11.8. The van der Waals surface area contributed by atoms with Crippen molar-refractivity contribution in [2.75, 3.05) is 0 Å². The van der Waals surface area contributed by atoms with E-state index in [-0.39, 0.29) is 11.9 Å². The fourth-order valence-electron chi connectivity index (χ4n) is 2.97. The van der Waals surface area contributed by atoms with Gasteiger partial charge in [0.25, 0.3) is 0 Å². The van der Waals surface area contributed by atoms with Crippen molar-refractivity contribution >= 4 is 11.9 Å². The zero-order valence-electron chi connectivity index (χ0n) is 11.8. The van der Waals surface area contributed by atoms with E-state index in [1.807, 2.05) is 13.8 Å². The van der Waals surface area contributed by atoms with Crippen molar-refractivity contribution in [3.63, 3.8) is 0 Å². The Balaban J connectivity index is 2.02. The van der Waals surface area contributed by atoms with Gasteiger partial charge in [0.2, 0.25) is 5.91 Å². The Bertz CT molecular complexity index is 468. The molecule has 0 aromatic carbocycles. The van der Waals surface area contributed by atoms with Gasteiger partial charge < -0.3 is 14.8 Å². The minimum absolute atomic E-state index is 0.183. The number of hydrogen-bond donors (Lipinski definition) is 2. The van der Waals surface area contributed by atoms with E-state index in [0.717, 1.165) is 6.42 Å². The smallest absolute Gasteiger partial charge is 0.307 e. The molecule has 1 amide bonds. The van der Waals surface area contributed by atoms with Crippen LogP contribution in [0.5, 0.6) is 0 Å². The van der Waals surface area contributed by atoms with E-state index in [1.165, 1.54) is 0 Å². The molecule has 1 aromatic rings. The summed E-state index contributed by atoms with van der Waals surface area (Å²) in [6.07, 6.45) is 3.73. The van der Waals surface area contributed by atoms with E-state index in [2.05, 4.69) is 5.32 Å². The summed E-state index contributed by atoms with van der Waals surface area (Å²) in [6, 6.07) is 3.32. The Labute approximate surface area is 118 Å². The van der Waals surface area contributed by atoms with Crippen LogP contribution >= 0.6 is 0 Å². The van der Waals surface area contributed by atoms with Crippen molar-refractivity contribution < 1.29 is 19.1 Å². The molecule has 0 spiro atoms. The monoisotopic (exact) mass is 279 g/mol. The van der Waals surface area contributed by atoms with Crippen LogP contribution in [0.1, 0.15) is 44.9 Å². The number of carboxylic acid groups (broad SMARTS) is 1. The molecule has 20 heavy (non-hydrogen) atoms. The maximum absolute atomic E-state index is 12.3. The molecule has 1 fully saturated rings. The number of aliphatic carboxylic acids is 1. The molecule has 0 aliphatic heterocycles. The summed E-state index contributed by atoms with van der Waals surface area (Å²) < 4.78 is 5.24. The van der Waals surface area contributed by atoms with Crippen LogP contribution in [0, 0.1) is 17.8 Å². The number of amides is 1. The second-order valence-corrected chi connectivity index (χ2v) is 5.54. The van der Waals surface area contributed by atoms with Gasteiger partial charge in [-0.2, -0.15) is 0 Å². The Kier molecular flexibility index (Phi) is 4.47. The van der Waals surface area contributed by atoms with Gasteiger partial charge in [0.15, 0.2) is 0 Å². The van der Waals surface area contributed by atoms with Crippen molar-refractivity contribution in [1.29, 1.82) is 0 Å². The summed E-state index contributed by atoms with van der Waals surface area (Å²) in [5, 5.41) is 12.1. The molecule has 5 heteroatoms. The molecule has 5 nitrogen and oxygen atoms in total. The van der Waals surface area contributed by atoms with Gasteiger partial charge in [0.05, 0.1) is 24.1 Å². The lowest BCUT2D eigenvalue weighted by atomic mass is 9.95. The standard InChI is InChI=1S/C15H21NO4/c1-3-10-7-11(12(8-10)15(18)19)14(17)16-9(2)13-5-4-6-20-13/h4-6,9-12H,3,7-8H2,1-2H3,(H,16,17)(H,18,19)/t9-,10?,11-,12+/m0/s1. The number of rotatable bonds is 5. The lowest BCUT2D eigenvalue weighted by Gasteiger charge is -2.18. The van der Waals surface area contributed by atoms with Gasteiger partial charge in [-0.25, -0.2) is 0 Å². The predicted molar refractivity (Wildman–Crippen MR) is 72.9 cm³/mol. The van der Waals surface area contributed by atoms with Gasteiger partial charge >= 0.3 is 5.97 Å². The number of carboxylic acids is 1. The summed E-state index contributed by atoms with van der Waals surface area (Å²) in [6.45, 7) is 3.87. The first kappa shape index (κ1) is 14.6. The van der Waals surface area contributed by atoms with Crippen LogP contribution in [0.25, 0.3) is 0 Å². The first-order valence-corrected chi connectivity index (χ1v) is 7.09. The molecule has 1 aliphatic rings. The van der Waals surface area contributed by atoms with Crippen LogP contribution in [0.2, 0.25) is 0 Å². The molecule has 0 radical (unpaired) electrons. The van der Waals surface area contributed by atoms with E-state index in [1.54, 1.807) is 18.4 Å². The summed E-state index contributed by atoms with van der Waals surface area (Å²) in [4.78, 5) is 23.6. The fourth-order valence-corrected chi connectivity index (χ4v) is 2.97. The van der Waals surface area contributed by atoms with Gasteiger partial charge in [0.1, 0.15) is 5.76 Å². The molecule has 4 atom stereocenters. The maximum atomic E-state index is 12.3. The normalized spacial score (nSPS) is 27.2. The molecular formula is C15H21NO4. The fraction of sp³-hybridized carbons (Fsp3) is 0.600. The first-order valence-electron chi connectivity index (χ1n) is 7.09. The van der Waals surface area contributed by atoms with Crippen molar-refractivity contribution in [3.8, 4) is 0 Å². The second kappa shape index (κ2) is 6.11. The van der Waals surface area contributed by atoms with Crippen LogP contribution < -0.4 is 5.32 Å². The predicted octanol–water partition coefficient (Wildman–Crippen LogP) is 2.59. The largest absolute Gasteiger partial charge is 0.481 e. The van der Waals surface area contributed by atoms with Crippen molar-refractivity contribution in [2.45, 2.75) is 39.2 Å². The zero-order chi connectivity index (χ0) is 14.7. The van der Waals surface area contributed by atoms with Crippen molar-refractivity contribution in [2.24, 2.45) is 17.8 Å². The molecule has 0 bridgehead atoms. The van der Waals surface area contributed by atoms with Gasteiger partial charge in [-0.3, -0.25) is 9.59 Å². The van der Waals surface area contributed by atoms with E-state index >= 15 is 0 Å². The lowest BCUT2D eigenvalue weighted by molar-refractivity contribution is -0.146. The first-order chi connectivity index (χ1) is 9.52. The highest BCUT2D eigenvalue weighted by Gasteiger charge is 2.42. The van der Waals surface area contributed by atoms with Crippen LogP contribution in [0.3, 0.4) is 0 Å². The average Bonchev–Trinajstić information content (AvgIpc) is 3.07. The molecule has 2 N–H and O–H groups in total. The number of carbonyl (C=O) groups excluding carboxylic acids is 1. The SMILES string of the molecule is CCC1C[C@H](C(=O)N[C@@H](C)c2ccco2)[C@H](C(=O)O)C1. The second-order valence-electron chi connectivity index (χ2n) is 5.54. The van der Waals surface area contributed by atoms with Gasteiger partial charge in [-0.05, 0) is 37.8 Å². The molecule has 2 rings (SSSR count). The number of hydrogen-bond acceptors (Lipinski definition) is 3. The third-order valence-corrected chi connectivity index (χ3v) is 4.22. The summed E-state index contributed by atoms with van der Waals surface area (Å²) in [5.41, 5.74) is 0. The Morgan fingerprint density at radius 3 is 2.70 bits per heavy atom.